The van der Waals surface area contributed by atoms with Crippen molar-refractivity contribution in [2.24, 2.45) is 5.92 Å². The predicted molar refractivity (Wildman–Crippen MR) is 139 cm³/mol. The largest absolute Gasteiger partial charge is 0.481 e. The van der Waals surface area contributed by atoms with Gasteiger partial charge in [-0.3, -0.25) is 14.5 Å². The summed E-state index contributed by atoms with van der Waals surface area (Å²) in [7, 11) is 0. The van der Waals surface area contributed by atoms with E-state index in [9.17, 15) is 9.59 Å². The number of carbonyl (C=O) groups excluding carboxylic acids is 1. The zero-order valence-corrected chi connectivity index (χ0v) is 20.9. The van der Waals surface area contributed by atoms with Crippen LogP contribution in [0.4, 0.5) is 0 Å². The average Bonchev–Trinajstić information content (AvgIpc) is 3.21. The highest BCUT2D eigenvalue weighted by Crippen LogP contribution is 2.34. The van der Waals surface area contributed by atoms with E-state index in [1.807, 2.05) is 12.1 Å². The summed E-state index contributed by atoms with van der Waals surface area (Å²) in [5.74, 6) is -0.424. The molecule has 6 heteroatoms. The molecule has 2 fully saturated rings. The molecule has 36 heavy (non-hydrogen) atoms. The molecule has 0 spiro atoms. The number of hydrogen-bond acceptors (Lipinski definition) is 5. The van der Waals surface area contributed by atoms with Crippen LogP contribution in [0.15, 0.2) is 66.7 Å². The maximum absolute atomic E-state index is 13.1. The van der Waals surface area contributed by atoms with Gasteiger partial charge in [0.05, 0.1) is 32.0 Å². The Morgan fingerprint density at radius 3 is 2.42 bits per heavy atom. The molecule has 1 saturated carbocycles. The van der Waals surface area contributed by atoms with Crippen LogP contribution in [-0.4, -0.2) is 60.2 Å². The van der Waals surface area contributed by atoms with Crippen LogP contribution < -0.4 is 0 Å². The summed E-state index contributed by atoms with van der Waals surface area (Å²) in [4.78, 5) is 26.1. The Morgan fingerprint density at radius 1 is 1.00 bits per heavy atom. The van der Waals surface area contributed by atoms with Gasteiger partial charge >= 0.3 is 5.97 Å². The van der Waals surface area contributed by atoms with Crippen molar-refractivity contribution in [1.82, 2.24) is 4.90 Å². The molecule has 0 amide bonds. The normalized spacial score (nSPS) is 22.9. The van der Waals surface area contributed by atoms with Gasteiger partial charge < -0.3 is 14.6 Å². The minimum absolute atomic E-state index is 0.0867. The summed E-state index contributed by atoms with van der Waals surface area (Å²) in [6, 6.07) is 18.8. The first-order chi connectivity index (χ1) is 17.6. The predicted octanol–water partition coefficient (Wildman–Crippen LogP) is 4.65. The molecule has 1 aliphatic heterocycles. The molecule has 1 N–H and O–H groups in total. The standard InChI is InChI=1S/C30H37NO5/c32-27-21-28(36-22-25-14-12-24(13-15-25)20-23-8-4-3-5-9-23)26(10-6-1-2-7-11-29(33)34)30(27)31-16-18-35-19-17-31/h1,3-6,8-9,12-15,26,28,30H,2,7,10-11,16-22H2,(H,33,34)/b6-1-/t26-,28-,30+/m1/s1. The molecule has 6 nitrogen and oxygen atoms in total. The minimum Gasteiger partial charge on any atom is -0.481 e. The molecular formula is C30H37NO5. The second-order valence-electron chi connectivity index (χ2n) is 9.75. The van der Waals surface area contributed by atoms with E-state index in [0.29, 0.717) is 32.7 Å². The zero-order chi connectivity index (χ0) is 25.2. The second-order valence-corrected chi connectivity index (χ2v) is 9.75. The van der Waals surface area contributed by atoms with Crippen molar-refractivity contribution >= 4 is 11.8 Å². The molecule has 1 aliphatic carbocycles. The van der Waals surface area contributed by atoms with E-state index in [-0.39, 0.29) is 30.3 Å². The summed E-state index contributed by atoms with van der Waals surface area (Å²) >= 11 is 0. The fraction of sp³-hybridized carbons (Fsp3) is 0.467. The number of nitrogens with zero attached hydrogens (tertiary/aromatic N) is 1. The first kappa shape index (κ1) is 26.3. The lowest BCUT2D eigenvalue weighted by atomic mass is 9.95. The summed E-state index contributed by atoms with van der Waals surface area (Å²) in [5, 5.41) is 8.83. The molecule has 2 aromatic rings. The molecular weight excluding hydrogens is 454 g/mol. The van der Waals surface area contributed by atoms with Crippen LogP contribution in [-0.2, 0) is 32.1 Å². The number of ether oxygens (including phenoxy) is 2. The van der Waals surface area contributed by atoms with Crippen LogP contribution in [0.25, 0.3) is 0 Å². The van der Waals surface area contributed by atoms with Gasteiger partial charge in [-0.25, -0.2) is 0 Å². The van der Waals surface area contributed by atoms with Gasteiger partial charge in [0.15, 0.2) is 5.78 Å². The van der Waals surface area contributed by atoms with E-state index in [1.165, 1.54) is 11.1 Å². The van der Waals surface area contributed by atoms with Crippen molar-refractivity contribution in [1.29, 1.82) is 0 Å². The topological polar surface area (TPSA) is 76.1 Å². The van der Waals surface area contributed by atoms with Crippen LogP contribution in [0.5, 0.6) is 0 Å². The lowest BCUT2D eigenvalue weighted by molar-refractivity contribution is -0.137. The smallest absolute Gasteiger partial charge is 0.303 e. The number of benzene rings is 2. The fourth-order valence-electron chi connectivity index (χ4n) is 5.24. The minimum atomic E-state index is -0.765. The third kappa shape index (κ3) is 7.60. The van der Waals surface area contributed by atoms with Crippen molar-refractivity contribution in [2.75, 3.05) is 26.3 Å². The molecule has 1 heterocycles. The molecule has 3 atom stereocenters. The Labute approximate surface area is 213 Å². The number of unbranched alkanes of at least 4 members (excludes halogenated alkanes) is 1. The lowest BCUT2D eigenvalue weighted by Gasteiger charge is -2.35. The summed E-state index contributed by atoms with van der Waals surface area (Å²) in [6.45, 7) is 3.33. The number of hydrogen-bond donors (Lipinski definition) is 1. The van der Waals surface area contributed by atoms with Crippen LogP contribution in [0.3, 0.4) is 0 Å². The van der Waals surface area contributed by atoms with Gasteiger partial charge in [0.25, 0.3) is 0 Å². The SMILES string of the molecule is O=C(O)CCC/C=C\C[C@H]1[C@H](N2CCOCC2)C(=O)C[C@H]1OCc1ccc(Cc2ccccc2)cc1. The van der Waals surface area contributed by atoms with E-state index in [0.717, 1.165) is 37.9 Å². The maximum atomic E-state index is 13.1. The summed E-state index contributed by atoms with van der Waals surface area (Å²) in [6.07, 6.45) is 7.65. The highest BCUT2D eigenvalue weighted by atomic mass is 16.5. The van der Waals surface area contributed by atoms with E-state index in [4.69, 9.17) is 14.6 Å². The summed E-state index contributed by atoms with van der Waals surface area (Å²) < 4.78 is 11.9. The molecule has 0 aromatic heterocycles. The highest BCUT2D eigenvalue weighted by Gasteiger charge is 2.45. The third-order valence-electron chi connectivity index (χ3n) is 7.13. The van der Waals surface area contributed by atoms with Crippen LogP contribution >= 0.6 is 0 Å². The van der Waals surface area contributed by atoms with Gasteiger partial charge in [-0.1, -0.05) is 66.7 Å². The van der Waals surface area contributed by atoms with Gasteiger partial charge in [-0.2, -0.15) is 0 Å². The van der Waals surface area contributed by atoms with E-state index < -0.39 is 5.97 Å². The quantitative estimate of drug-likeness (QED) is 0.344. The first-order valence-electron chi connectivity index (χ1n) is 13.0. The fourth-order valence-corrected chi connectivity index (χ4v) is 5.24. The number of morpholine rings is 1. The van der Waals surface area contributed by atoms with Crippen molar-refractivity contribution in [3.8, 4) is 0 Å². The van der Waals surface area contributed by atoms with Crippen molar-refractivity contribution in [2.45, 2.75) is 57.3 Å². The Hall–Kier alpha value is -2.80. The molecule has 2 aliphatic rings. The molecule has 192 valence electrons. The number of rotatable bonds is 12. The van der Waals surface area contributed by atoms with E-state index in [1.54, 1.807) is 0 Å². The second kappa shape index (κ2) is 13.5. The Bertz CT molecular complexity index is 998. The molecule has 4 rings (SSSR count). The van der Waals surface area contributed by atoms with Crippen molar-refractivity contribution < 1.29 is 24.2 Å². The van der Waals surface area contributed by atoms with Gasteiger partial charge in [0.1, 0.15) is 0 Å². The Kier molecular flexibility index (Phi) is 9.84. The zero-order valence-electron chi connectivity index (χ0n) is 20.9. The van der Waals surface area contributed by atoms with Crippen molar-refractivity contribution in [3.63, 3.8) is 0 Å². The average molecular weight is 492 g/mol. The molecule has 0 radical (unpaired) electrons. The van der Waals surface area contributed by atoms with E-state index >= 15 is 0 Å². The highest BCUT2D eigenvalue weighted by molar-refractivity contribution is 5.87. The van der Waals surface area contributed by atoms with Gasteiger partial charge in [-0.15, -0.1) is 0 Å². The number of carboxylic acid groups (broad SMARTS) is 1. The number of carbonyl (C=O) groups is 2. The lowest BCUT2D eigenvalue weighted by Crippen LogP contribution is -2.49. The number of aliphatic carboxylic acids is 1. The van der Waals surface area contributed by atoms with E-state index in [2.05, 4.69) is 59.5 Å². The number of allylic oxidation sites excluding steroid dienone is 2. The van der Waals surface area contributed by atoms with Gasteiger partial charge in [0.2, 0.25) is 0 Å². The first-order valence-corrected chi connectivity index (χ1v) is 13.0. The van der Waals surface area contributed by atoms with Gasteiger partial charge in [0, 0.05) is 31.8 Å². The Balaban J connectivity index is 1.36. The van der Waals surface area contributed by atoms with Crippen LogP contribution in [0, 0.1) is 5.92 Å². The summed E-state index contributed by atoms with van der Waals surface area (Å²) in [5.41, 5.74) is 3.66. The molecule has 0 unspecified atom stereocenters. The van der Waals surface area contributed by atoms with Crippen molar-refractivity contribution in [3.05, 3.63) is 83.4 Å². The molecule has 2 aromatic carbocycles. The third-order valence-corrected chi connectivity index (χ3v) is 7.13. The number of ketones is 1. The monoisotopic (exact) mass is 491 g/mol. The van der Waals surface area contributed by atoms with Crippen LogP contribution in [0.2, 0.25) is 0 Å². The number of Topliss-reactive ketones (excluding diaryl/α,β-unsaturated/α-hetero) is 1. The maximum Gasteiger partial charge on any atom is 0.303 e. The van der Waals surface area contributed by atoms with Crippen LogP contribution in [0.1, 0.15) is 48.8 Å². The Morgan fingerprint density at radius 2 is 1.69 bits per heavy atom. The number of carboxylic acids is 1. The molecule has 0 bridgehead atoms. The molecule has 1 saturated heterocycles. The van der Waals surface area contributed by atoms with Gasteiger partial charge in [-0.05, 0) is 42.4 Å².